The number of benzene rings is 3. The van der Waals surface area contributed by atoms with Gasteiger partial charge in [0.25, 0.3) is 5.91 Å². The van der Waals surface area contributed by atoms with Crippen molar-refractivity contribution in [1.29, 1.82) is 0 Å². The van der Waals surface area contributed by atoms with E-state index in [0.29, 0.717) is 41.5 Å². The summed E-state index contributed by atoms with van der Waals surface area (Å²) in [6.07, 6.45) is 0.464. The van der Waals surface area contributed by atoms with Crippen molar-refractivity contribution in [2.75, 3.05) is 25.0 Å². The van der Waals surface area contributed by atoms with Crippen LogP contribution in [0.15, 0.2) is 65.6 Å². The maximum Gasteiger partial charge on any atom is 0.311 e. The van der Waals surface area contributed by atoms with Crippen molar-refractivity contribution < 1.29 is 22.7 Å². The van der Waals surface area contributed by atoms with E-state index in [1.807, 2.05) is 19.1 Å². The second kappa shape index (κ2) is 10.6. The lowest BCUT2D eigenvalue weighted by Crippen LogP contribution is -2.52. The number of aryl methyl sites for hydroxylation is 1. The van der Waals surface area contributed by atoms with Crippen molar-refractivity contribution in [2.24, 2.45) is 5.92 Å². The van der Waals surface area contributed by atoms with Crippen molar-refractivity contribution >= 4 is 38.4 Å². The van der Waals surface area contributed by atoms with E-state index in [2.05, 4.69) is 15.4 Å². The zero-order valence-electron chi connectivity index (χ0n) is 19.7. The normalized spacial score (nSPS) is 18.2. The predicted octanol–water partition coefficient (Wildman–Crippen LogP) is 3.22. The van der Waals surface area contributed by atoms with Crippen LogP contribution in [0.4, 0.5) is 5.69 Å². The van der Waals surface area contributed by atoms with Gasteiger partial charge >= 0.3 is 5.97 Å². The Balaban J connectivity index is 1.65. The minimum Gasteiger partial charge on any atom is -0.466 e. The average Bonchev–Trinajstić information content (AvgIpc) is 2.84. The van der Waals surface area contributed by atoms with Gasteiger partial charge in [-0.15, -0.1) is 0 Å². The van der Waals surface area contributed by atoms with Crippen molar-refractivity contribution in [2.45, 2.75) is 31.2 Å². The van der Waals surface area contributed by atoms with E-state index in [9.17, 15) is 18.0 Å². The Bertz CT molecular complexity index is 1360. The fourth-order valence-electron chi connectivity index (χ4n) is 4.39. The molecule has 2 atom stereocenters. The van der Waals surface area contributed by atoms with Crippen LogP contribution in [-0.4, -0.2) is 46.0 Å². The number of nitrogens with one attached hydrogen (secondary N) is 3. The molecule has 3 aromatic rings. The maximum absolute atomic E-state index is 13.5. The summed E-state index contributed by atoms with van der Waals surface area (Å²) < 4.78 is 34.8. The van der Waals surface area contributed by atoms with Gasteiger partial charge in [-0.25, -0.2) is 13.1 Å². The van der Waals surface area contributed by atoms with Gasteiger partial charge in [0.05, 0.1) is 17.4 Å². The summed E-state index contributed by atoms with van der Waals surface area (Å²) in [6, 6.07) is 16.8. The third-order valence-electron chi connectivity index (χ3n) is 6.19. The lowest BCUT2D eigenvalue weighted by atomic mass is 9.94. The third kappa shape index (κ3) is 5.37. The fourth-order valence-corrected chi connectivity index (χ4v) is 5.91. The first-order valence-electron chi connectivity index (χ1n) is 11.6. The van der Waals surface area contributed by atoms with Gasteiger partial charge in [0.15, 0.2) is 0 Å². The number of amides is 1. The molecule has 0 aromatic heterocycles. The number of rotatable bonds is 7. The topological polar surface area (TPSA) is 114 Å². The number of carbonyl (C=O) groups excluding carboxylic acids is 2. The van der Waals surface area contributed by atoms with Crippen molar-refractivity contribution in [3.8, 4) is 0 Å². The first-order valence-corrected chi connectivity index (χ1v) is 13.1. The highest BCUT2D eigenvalue weighted by atomic mass is 32.2. The minimum atomic E-state index is -3.97. The molecule has 1 fully saturated rings. The molecule has 3 N–H and O–H groups in total. The molecule has 0 bridgehead atoms. The maximum atomic E-state index is 13.5. The second-order valence-electron chi connectivity index (χ2n) is 8.51. The van der Waals surface area contributed by atoms with Crippen LogP contribution in [0, 0.1) is 12.8 Å². The average molecular weight is 496 g/mol. The lowest BCUT2D eigenvalue weighted by Gasteiger charge is -2.31. The van der Waals surface area contributed by atoms with Crippen LogP contribution in [0.2, 0.25) is 0 Å². The number of sulfonamides is 1. The van der Waals surface area contributed by atoms with Gasteiger partial charge in [-0.2, -0.15) is 0 Å². The molecule has 35 heavy (non-hydrogen) atoms. The molecule has 0 spiro atoms. The summed E-state index contributed by atoms with van der Waals surface area (Å²) in [4.78, 5) is 25.4. The van der Waals surface area contributed by atoms with Crippen LogP contribution in [0.3, 0.4) is 0 Å². The standard InChI is InChI=1S/C26H29N3O5S/c1-3-34-26(31)21-16-27-15-14-23(21)29-35(32,33)24-13-12-22(19-10-6-7-11-20(19)24)28-25(30)18-9-5-4-8-17(18)2/h4-13,21,23,27,29H,3,14-16H2,1-2H3,(H,28,30)/t21-,23-/m1/s1. The van der Waals surface area contributed by atoms with E-state index in [1.165, 1.54) is 6.07 Å². The van der Waals surface area contributed by atoms with Crippen LogP contribution >= 0.6 is 0 Å². The summed E-state index contributed by atoms with van der Waals surface area (Å²) in [5.41, 5.74) is 1.90. The van der Waals surface area contributed by atoms with Crippen LogP contribution in [0.25, 0.3) is 10.8 Å². The van der Waals surface area contributed by atoms with Gasteiger partial charge < -0.3 is 15.4 Å². The van der Waals surface area contributed by atoms with Crippen LogP contribution in [0.1, 0.15) is 29.3 Å². The molecule has 4 rings (SSSR count). The van der Waals surface area contributed by atoms with Crippen molar-refractivity contribution in [1.82, 2.24) is 10.0 Å². The highest BCUT2D eigenvalue weighted by Gasteiger charge is 2.35. The van der Waals surface area contributed by atoms with E-state index >= 15 is 0 Å². The summed E-state index contributed by atoms with van der Waals surface area (Å²) in [5, 5.41) is 7.12. The molecule has 0 radical (unpaired) electrons. The predicted molar refractivity (Wildman–Crippen MR) is 135 cm³/mol. The Kier molecular flexibility index (Phi) is 7.49. The molecule has 184 valence electrons. The van der Waals surface area contributed by atoms with Gasteiger partial charge in [0.1, 0.15) is 0 Å². The number of ether oxygens (including phenoxy) is 1. The van der Waals surface area contributed by atoms with Gasteiger partial charge in [-0.05, 0) is 50.6 Å². The molecule has 0 unspecified atom stereocenters. The SMILES string of the molecule is CCOC(=O)[C@@H]1CNCC[C@H]1NS(=O)(=O)c1ccc(NC(=O)c2ccccc2C)c2ccccc12. The van der Waals surface area contributed by atoms with Crippen LogP contribution in [0.5, 0.6) is 0 Å². The number of carbonyl (C=O) groups is 2. The van der Waals surface area contributed by atoms with Crippen LogP contribution in [-0.2, 0) is 19.6 Å². The summed E-state index contributed by atoms with van der Waals surface area (Å²) >= 11 is 0. The number of anilines is 1. The lowest BCUT2D eigenvalue weighted by molar-refractivity contribution is -0.149. The molecule has 0 aliphatic carbocycles. The van der Waals surface area contributed by atoms with E-state index in [0.717, 1.165) is 5.56 Å². The van der Waals surface area contributed by atoms with Crippen LogP contribution < -0.4 is 15.4 Å². The number of hydrogen-bond acceptors (Lipinski definition) is 6. The molecule has 0 saturated carbocycles. The van der Waals surface area contributed by atoms with Gasteiger partial charge in [0, 0.05) is 34.6 Å². The summed E-state index contributed by atoms with van der Waals surface area (Å²) in [5.74, 6) is -1.31. The first-order chi connectivity index (χ1) is 16.8. The number of hydrogen-bond donors (Lipinski definition) is 3. The fraction of sp³-hybridized carbons (Fsp3) is 0.308. The van der Waals surface area contributed by atoms with E-state index in [1.54, 1.807) is 49.4 Å². The molecule has 9 heteroatoms. The van der Waals surface area contributed by atoms with Crippen molar-refractivity contribution in [3.05, 3.63) is 71.8 Å². The second-order valence-corrected chi connectivity index (χ2v) is 10.2. The Morgan fingerprint density at radius 1 is 1.03 bits per heavy atom. The minimum absolute atomic E-state index is 0.0862. The Hall–Kier alpha value is -3.27. The summed E-state index contributed by atoms with van der Waals surface area (Å²) in [7, 11) is -3.97. The van der Waals surface area contributed by atoms with Gasteiger partial charge in [-0.3, -0.25) is 9.59 Å². The molecule has 1 aliphatic heterocycles. The Morgan fingerprint density at radius 2 is 1.74 bits per heavy atom. The van der Waals surface area contributed by atoms with Gasteiger partial charge in [0.2, 0.25) is 10.0 Å². The number of esters is 1. The van der Waals surface area contributed by atoms with E-state index in [-0.39, 0.29) is 17.4 Å². The highest BCUT2D eigenvalue weighted by molar-refractivity contribution is 7.89. The largest absolute Gasteiger partial charge is 0.466 e. The zero-order valence-corrected chi connectivity index (χ0v) is 20.5. The third-order valence-corrected chi connectivity index (χ3v) is 7.74. The number of piperidine rings is 1. The summed E-state index contributed by atoms with van der Waals surface area (Å²) in [6.45, 7) is 4.75. The Labute approximate surface area is 205 Å². The zero-order chi connectivity index (χ0) is 25.0. The molecule has 1 amide bonds. The quantitative estimate of drug-likeness (QED) is 0.434. The molecular formula is C26H29N3O5S. The molecule has 8 nitrogen and oxygen atoms in total. The molecular weight excluding hydrogens is 466 g/mol. The smallest absolute Gasteiger partial charge is 0.311 e. The van der Waals surface area contributed by atoms with Gasteiger partial charge in [-0.1, -0.05) is 42.5 Å². The molecule has 3 aromatic carbocycles. The molecule has 1 saturated heterocycles. The monoisotopic (exact) mass is 495 g/mol. The van der Waals surface area contributed by atoms with E-state index in [4.69, 9.17) is 4.74 Å². The van der Waals surface area contributed by atoms with Crippen molar-refractivity contribution in [3.63, 3.8) is 0 Å². The number of fused-ring (bicyclic) bond motifs is 1. The molecule has 1 heterocycles. The van der Waals surface area contributed by atoms with E-state index < -0.39 is 28.0 Å². The molecule has 1 aliphatic rings. The first kappa shape index (κ1) is 24.8. The Morgan fingerprint density at radius 3 is 2.49 bits per heavy atom. The highest BCUT2D eigenvalue weighted by Crippen LogP contribution is 2.31.